The van der Waals surface area contributed by atoms with E-state index in [0.717, 1.165) is 42.6 Å². The van der Waals surface area contributed by atoms with Gasteiger partial charge in [0.1, 0.15) is 11.0 Å². The molecule has 0 radical (unpaired) electrons. The average Bonchev–Trinajstić information content (AvgIpc) is 3.50. The van der Waals surface area contributed by atoms with E-state index in [-0.39, 0.29) is 29.7 Å². The highest BCUT2D eigenvalue weighted by Gasteiger charge is 2.33. The van der Waals surface area contributed by atoms with Crippen LogP contribution in [0.15, 0.2) is 71.9 Å². The minimum absolute atomic E-state index is 0.0929. The van der Waals surface area contributed by atoms with Crippen molar-refractivity contribution in [1.82, 2.24) is 20.2 Å². The van der Waals surface area contributed by atoms with E-state index in [0.29, 0.717) is 35.9 Å². The van der Waals surface area contributed by atoms with E-state index in [1.165, 1.54) is 11.8 Å². The van der Waals surface area contributed by atoms with E-state index in [4.69, 9.17) is 16.6 Å². The minimum atomic E-state index is -0.249. The molecule has 1 N–H and O–H groups in total. The summed E-state index contributed by atoms with van der Waals surface area (Å²) in [6.45, 7) is 4.14. The van der Waals surface area contributed by atoms with Crippen LogP contribution >= 0.6 is 23.4 Å². The van der Waals surface area contributed by atoms with Crippen molar-refractivity contribution in [2.45, 2.75) is 49.8 Å². The number of nitrogens with one attached hydrogen (secondary N) is 1. The molecule has 3 aromatic rings. The molecule has 39 heavy (non-hydrogen) atoms. The number of aromatic nitrogens is 2. The standard InChI is InChI=1S/C30H34ClN5O2S/c1-21-19-35(16-17-36(21)29(38)24-14-8-9-15-24)26-18-25(31)32-30(33-26)39-20-27(37)34-28(22-10-4-2-5-11-22)23-12-6-3-7-13-23/h2-7,10-13,18,21,24,28H,8-9,14-17,19-20H2,1H3,(H,34,37). The predicted molar refractivity (Wildman–Crippen MR) is 156 cm³/mol. The van der Waals surface area contributed by atoms with Crippen molar-refractivity contribution in [3.63, 3.8) is 0 Å². The van der Waals surface area contributed by atoms with Crippen molar-refractivity contribution < 1.29 is 9.59 Å². The zero-order valence-electron chi connectivity index (χ0n) is 22.1. The number of halogens is 1. The molecule has 2 heterocycles. The van der Waals surface area contributed by atoms with Crippen molar-refractivity contribution >= 4 is 41.0 Å². The van der Waals surface area contributed by atoms with Gasteiger partial charge in [0.25, 0.3) is 0 Å². The van der Waals surface area contributed by atoms with E-state index >= 15 is 0 Å². The number of carbonyl (C=O) groups is 2. The van der Waals surface area contributed by atoms with Gasteiger partial charge in [0.2, 0.25) is 11.8 Å². The lowest BCUT2D eigenvalue weighted by molar-refractivity contribution is -0.137. The molecule has 1 unspecified atom stereocenters. The number of hydrogen-bond donors (Lipinski definition) is 1. The Balaban J connectivity index is 1.21. The Bertz CT molecular complexity index is 1230. The lowest BCUT2D eigenvalue weighted by atomic mass is 9.99. The van der Waals surface area contributed by atoms with E-state index in [1.54, 1.807) is 6.07 Å². The Morgan fingerprint density at radius 2 is 1.64 bits per heavy atom. The smallest absolute Gasteiger partial charge is 0.231 e. The topological polar surface area (TPSA) is 78.4 Å². The quantitative estimate of drug-likeness (QED) is 0.226. The molecular formula is C30H34ClN5O2S. The Morgan fingerprint density at radius 1 is 1.00 bits per heavy atom. The first-order valence-electron chi connectivity index (χ1n) is 13.6. The second-order valence-corrected chi connectivity index (χ2v) is 11.6. The summed E-state index contributed by atoms with van der Waals surface area (Å²) in [6.07, 6.45) is 4.33. The van der Waals surface area contributed by atoms with Crippen LogP contribution in [0.4, 0.5) is 5.82 Å². The number of piperazine rings is 1. The fourth-order valence-corrected chi connectivity index (χ4v) is 6.39. The third kappa shape index (κ3) is 6.92. The molecule has 0 spiro atoms. The number of nitrogens with zero attached hydrogens (tertiary/aromatic N) is 4. The van der Waals surface area contributed by atoms with E-state index < -0.39 is 0 Å². The summed E-state index contributed by atoms with van der Waals surface area (Å²) < 4.78 is 0. The molecule has 204 valence electrons. The van der Waals surface area contributed by atoms with Gasteiger partial charge in [0, 0.05) is 37.7 Å². The van der Waals surface area contributed by atoms with Crippen LogP contribution in [0.25, 0.3) is 0 Å². The van der Waals surface area contributed by atoms with Gasteiger partial charge in [0.15, 0.2) is 5.16 Å². The van der Waals surface area contributed by atoms with Gasteiger partial charge in [-0.1, -0.05) is 96.9 Å². The molecule has 1 aliphatic carbocycles. The normalized spacial score (nSPS) is 18.0. The second kappa shape index (κ2) is 12.8. The lowest BCUT2D eigenvalue weighted by Gasteiger charge is -2.41. The van der Waals surface area contributed by atoms with E-state index in [9.17, 15) is 9.59 Å². The molecule has 1 aromatic heterocycles. The summed E-state index contributed by atoms with van der Waals surface area (Å²) in [5.74, 6) is 1.26. The number of benzene rings is 2. The van der Waals surface area contributed by atoms with Gasteiger partial charge in [-0.05, 0) is 30.9 Å². The van der Waals surface area contributed by atoms with Crippen LogP contribution in [-0.2, 0) is 9.59 Å². The minimum Gasteiger partial charge on any atom is -0.353 e. The van der Waals surface area contributed by atoms with Gasteiger partial charge in [-0.15, -0.1) is 0 Å². The molecule has 9 heteroatoms. The maximum atomic E-state index is 13.0. The highest BCUT2D eigenvalue weighted by molar-refractivity contribution is 7.99. The second-order valence-electron chi connectivity index (χ2n) is 10.3. The Labute approximate surface area is 239 Å². The van der Waals surface area contributed by atoms with Crippen molar-refractivity contribution in [2.75, 3.05) is 30.3 Å². The van der Waals surface area contributed by atoms with Crippen molar-refractivity contribution in [2.24, 2.45) is 5.92 Å². The number of thioether (sulfide) groups is 1. The number of rotatable bonds is 8. The summed E-state index contributed by atoms with van der Waals surface area (Å²) in [5, 5.41) is 3.96. The number of carbonyl (C=O) groups excluding carboxylic acids is 2. The van der Waals surface area contributed by atoms with Crippen LogP contribution in [0.2, 0.25) is 5.15 Å². The first kappa shape index (κ1) is 27.5. The van der Waals surface area contributed by atoms with Crippen molar-refractivity contribution in [3.05, 3.63) is 83.0 Å². The molecule has 1 saturated carbocycles. The molecule has 2 amide bonds. The molecule has 5 rings (SSSR count). The summed E-state index contributed by atoms with van der Waals surface area (Å²) >= 11 is 7.64. The molecule has 2 aromatic carbocycles. The molecule has 2 fully saturated rings. The largest absolute Gasteiger partial charge is 0.353 e. The Kier molecular flexibility index (Phi) is 9.04. The van der Waals surface area contributed by atoms with Gasteiger partial charge in [-0.25, -0.2) is 9.97 Å². The summed E-state index contributed by atoms with van der Waals surface area (Å²) in [5.41, 5.74) is 2.03. The fourth-order valence-electron chi connectivity index (χ4n) is 5.50. The summed E-state index contributed by atoms with van der Waals surface area (Å²) in [7, 11) is 0. The predicted octanol–water partition coefficient (Wildman–Crippen LogP) is 5.36. The molecule has 2 aliphatic rings. The van der Waals surface area contributed by atoms with Crippen LogP contribution < -0.4 is 10.2 Å². The van der Waals surface area contributed by atoms with Gasteiger partial charge >= 0.3 is 0 Å². The fraction of sp³-hybridized carbons (Fsp3) is 0.400. The van der Waals surface area contributed by atoms with Gasteiger partial charge in [-0.3, -0.25) is 9.59 Å². The average molecular weight is 564 g/mol. The molecule has 7 nitrogen and oxygen atoms in total. The zero-order valence-corrected chi connectivity index (χ0v) is 23.7. The lowest BCUT2D eigenvalue weighted by Crippen LogP contribution is -2.55. The summed E-state index contributed by atoms with van der Waals surface area (Å²) in [4.78, 5) is 39.3. The highest BCUT2D eigenvalue weighted by Crippen LogP contribution is 2.29. The molecular weight excluding hydrogens is 530 g/mol. The van der Waals surface area contributed by atoms with Gasteiger partial charge in [0.05, 0.1) is 11.8 Å². The maximum absolute atomic E-state index is 13.0. The monoisotopic (exact) mass is 563 g/mol. The SMILES string of the molecule is CC1CN(c2cc(Cl)nc(SCC(=O)NC(c3ccccc3)c3ccccc3)n2)CCN1C(=O)C1CCCC1. The molecule has 1 atom stereocenters. The van der Waals surface area contributed by atoms with Crippen LogP contribution in [0.1, 0.15) is 49.8 Å². The van der Waals surface area contributed by atoms with E-state index in [2.05, 4.69) is 22.1 Å². The molecule has 0 bridgehead atoms. The zero-order chi connectivity index (χ0) is 27.2. The first-order chi connectivity index (χ1) is 19.0. The van der Waals surface area contributed by atoms with Crippen LogP contribution in [0.3, 0.4) is 0 Å². The van der Waals surface area contributed by atoms with Gasteiger partial charge in [-0.2, -0.15) is 0 Å². The molecule has 1 aliphatic heterocycles. The Morgan fingerprint density at radius 3 is 2.26 bits per heavy atom. The number of anilines is 1. The van der Waals surface area contributed by atoms with Crippen LogP contribution in [0, 0.1) is 5.92 Å². The Hall–Kier alpha value is -3.10. The van der Waals surface area contributed by atoms with Crippen LogP contribution in [-0.4, -0.2) is 58.1 Å². The number of amides is 2. The number of hydrogen-bond acceptors (Lipinski definition) is 6. The first-order valence-corrected chi connectivity index (χ1v) is 15.0. The summed E-state index contributed by atoms with van der Waals surface area (Å²) in [6, 6.07) is 21.5. The highest BCUT2D eigenvalue weighted by atomic mass is 35.5. The third-order valence-electron chi connectivity index (χ3n) is 7.50. The van der Waals surface area contributed by atoms with Crippen molar-refractivity contribution in [1.29, 1.82) is 0 Å². The van der Waals surface area contributed by atoms with E-state index in [1.807, 2.05) is 65.6 Å². The molecule has 1 saturated heterocycles. The third-order valence-corrected chi connectivity index (χ3v) is 8.54. The van der Waals surface area contributed by atoms with Crippen molar-refractivity contribution in [3.8, 4) is 0 Å². The maximum Gasteiger partial charge on any atom is 0.231 e. The van der Waals surface area contributed by atoms with Gasteiger partial charge < -0.3 is 15.1 Å². The van der Waals surface area contributed by atoms with Crippen LogP contribution in [0.5, 0.6) is 0 Å².